The molecule has 270 valence electrons. The minimum atomic E-state index is -4.70. The fourth-order valence-electron chi connectivity index (χ4n) is 6.80. The summed E-state index contributed by atoms with van der Waals surface area (Å²) < 4.78 is 75.2. The SMILES string of the molecule is Cc1ccnn1-c1ccc(C(F)(F)F)cc1NC(=O)O[C@@H]1C[C@H]2C(=O)N[C@]3(C(=O)NS(=O)(=O)C4CC4)C[C@H]3/C=C/CCCCN(C)C(=O)[C@@H]2C1. The van der Waals surface area contributed by atoms with Crippen LogP contribution in [-0.4, -0.2) is 77.4 Å². The zero-order valence-corrected chi connectivity index (χ0v) is 28.4. The third kappa shape index (κ3) is 7.37. The lowest BCUT2D eigenvalue weighted by atomic mass is 9.93. The van der Waals surface area contributed by atoms with E-state index in [4.69, 9.17) is 4.74 Å². The van der Waals surface area contributed by atoms with E-state index in [2.05, 4.69) is 20.5 Å². The number of halogens is 3. The number of hydrogen-bond donors (Lipinski definition) is 3. The van der Waals surface area contributed by atoms with Gasteiger partial charge in [-0.2, -0.15) is 18.3 Å². The van der Waals surface area contributed by atoms with Gasteiger partial charge in [0.1, 0.15) is 11.6 Å². The van der Waals surface area contributed by atoms with Crippen LogP contribution in [0, 0.1) is 24.7 Å². The van der Waals surface area contributed by atoms with Crippen molar-refractivity contribution in [3.8, 4) is 5.69 Å². The number of aryl methyl sites for hydroxylation is 1. The van der Waals surface area contributed by atoms with E-state index in [1.54, 1.807) is 26.1 Å². The zero-order chi connectivity index (χ0) is 36.0. The van der Waals surface area contributed by atoms with Crippen LogP contribution >= 0.6 is 0 Å². The summed E-state index contributed by atoms with van der Waals surface area (Å²) in [6.45, 7) is 2.11. The van der Waals surface area contributed by atoms with Crippen LogP contribution in [0.4, 0.5) is 23.7 Å². The summed E-state index contributed by atoms with van der Waals surface area (Å²) in [6.07, 6.45) is 1.33. The van der Waals surface area contributed by atoms with Gasteiger partial charge in [0, 0.05) is 31.4 Å². The summed E-state index contributed by atoms with van der Waals surface area (Å²) >= 11 is 0. The van der Waals surface area contributed by atoms with E-state index in [0.29, 0.717) is 37.9 Å². The lowest BCUT2D eigenvalue weighted by molar-refractivity contribution is -0.140. The molecule has 3 saturated carbocycles. The van der Waals surface area contributed by atoms with Gasteiger partial charge in [-0.25, -0.2) is 17.9 Å². The molecule has 2 aromatic rings. The van der Waals surface area contributed by atoms with Crippen molar-refractivity contribution in [1.82, 2.24) is 24.7 Å². The minimum Gasteiger partial charge on any atom is -0.446 e. The molecular formula is C33H39F3N6O7S. The molecule has 0 spiro atoms. The molecule has 2 heterocycles. The Labute approximate surface area is 287 Å². The average Bonchev–Trinajstić information content (AvgIpc) is 3.93. The van der Waals surface area contributed by atoms with E-state index in [1.165, 1.54) is 21.8 Å². The number of nitrogens with zero attached hydrogens (tertiary/aromatic N) is 3. The number of carbonyl (C=O) groups is 4. The monoisotopic (exact) mass is 720 g/mol. The number of anilines is 1. The maximum absolute atomic E-state index is 13.9. The fourth-order valence-corrected chi connectivity index (χ4v) is 8.16. The first-order valence-electron chi connectivity index (χ1n) is 16.6. The standard InChI is InChI=1S/C33H39F3N6O7S/c1-19-12-13-37-42(19)27-11-8-20(33(34,35)36)15-26(27)38-31(46)49-22-16-24-25(17-22)29(44)41(2)14-6-4-3-5-7-21-18-32(21,39-28(24)43)30(45)40-50(47,48)23-9-10-23/h5,7-8,11-13,15,21-25H,3-4,6,9-10,14,16-18H2,1-2H3,(H,38,46)(H,39,43)(H,40,45)/b7-5+/t21-,22-,24-,25-,32-/m1/s1. The van der Waals surface area contributed by atoms with Gasteiger partial charge in [-0.1, -0.05) is 12.2 Å². The molecule has 13 nitrogen and oxygen atoms in total. The third-order valence-corrected chi connectivity index (χ3v) is 11.7. The van der Waals surface area contributed by atoms with Gasteiger partial charge in [-0.15, -0.1) is 0 Å². The van der Waals surface area contributed by atoms with Crippen molar-refractivity contribution < 1.29 is 45.5 Å². The highest BCUT2D eigenvalue weighted by Crippen LogP contribution is 2.47. The van der Waals surface area contributed by atoms with Crippen LogP contribution in [0.15, 0.2) is 42.6 Å². The van der Waals surface area contributed by atoms with Gasteiger partial charge in [0.15, 0.2) is 0 Å². The minimum absolute atomic E-state index is 0.0546. The molecule has 1 aromatic carbocycles. The number of sulfonamides is 1. The molecule has 4 amide bonds. The average molecular weight is 721 g/mol. The Morgan fingerprint density at radius 3 is 2.52 bits per heavy atom. The quantitative estimate of drug-likeness (QED) is 0.379. The van der Waals surface area contributed by atoms with E-state index < -0.39 is 74.3 Å². The molecule has 1 aromatic heterocycles. The smallest absolute Gasteiger partial charge is 0.416 e. The highest BCUT2D eigenvalue weighted by atomic mass is 32.2. The van der Waals surface area contributed by atoms with E-state index in [1.807, 2.05) is 6.08 Å². The summed E-state index contributed by atoms with van der Waals surface area (Å²) in [5.74, 6) is -4.31. The molecule has 5 atom stereocenters. The van der Waals surface area contributed by atoms with Crippen molar-refractivity contribution in [2.24, 2.45) is 17.8 Å². The second-order valence-corrected chi connectivity index (χ2v) is 15.5. The Morgan fingerprint density at radius 2 is 1.84 bits per heavy atom. The molecule has 0 radical (unpaired) electrons. The fraction of sp³-hybridized carbons (Fsp3) is 0.545. The molecule has 1 aliphatic heterocycles. The Bertz CT molecular complexity index is 1830. The van der Waals surface area contributed by atoms with Gasteiger partial charge in [-0.3, -0.25) is 24.4 Å². The normalized spacial score (nSPS) is 28.1. The van der Waals surface area contributed by atoms with Gasteiger partial charge >= 0.3 is 12.3 Å². The molecule has 0 unspecified atom stereocenters. The van der Waals surface area contributed by atoms with Gasteiger partial charge in [-0.05, 0) is 82.6 Å². The van der Waals surface area contributed by atoms with Gasteiger partial charge in [0.25, 0.3) is 5.91 Å². The van der Waals surface area contributed by atoms with Crippen LogP contribution in [0.3, 0.4) is 0 Å². The van der Waals surface area contributed by atoms with Gasteiger partial charge in [0.05, 0.1) is 34.0 Å². The molecule has 50 heavy (non-hydrogen) atoms. The van der Waals surface area contributed by atoms with Crippen LogP contribution in [-0.2, 0) is 35.3 Å². The van der Waals surface area contributed by atoms with Crippen molar-refractivity contribution in [3.63, 3.8) is 0 Å². The van der Waals surface area contributed by atoms with E-state index >= 15 is 0 Å². The highest BCUT2D eigenvalue weighted by molar-refractivity contribution is 7.91. The summed E-state index contributed by atoms with van der Waals surface area (Å²) in [5, 5.41) is 8.62. The topological polar surface area (TPSA) is 169 Å². The van der Waals surface area contributed by atoms with Crippen LogP contribution < -0.4 is 15.4 Å². The molecule has 17 heteroatoms. The first kappa shape index (κ1) is 35.4. The van der Waals surface area contributed by atoms with Crippen molar-refractivity contribution in [1.29, 1.82) is 0 Å². The maximum Gasteiger partial charge on any atom is 0.416 e. The van der Waals surface area contributed by atoms with Crippen molar-refractivity contribution in [3.05, 3.63) is 53.9 Å². The summed E-state index contributed by atoms with van der Waals surface area (Å²) in [5.41, 5.74) is -2.00. The summed E-state index contributed by atoms with van der Waals surface area (Å²) in [4.78, 5) is 55.8. The molecule has 0 bridgehead atoms. The van der Waals surface area contributed by atoms with Gasteiger partial charge < -0.3 is 15.0 Å². The highest BCUT2D eigenvalue weighted by Gasteiger charge is 2.62. The first-order chi connectivity index (χ1) is 23.6. The lowest BCUT2D eigenvalue weighted by Crippen LogP contribution is -2.54. The molecule has 3 N–H and O–H groups in total. The second kappa shape index (κ2) is 13.4. The van der Waals surface area contributed by atoms with Crippen molar-refractivity contribution in [2.75, 3.05) is 18.9 Å². The molecule has 4 aliphatic rings. The Kier molecular flexibility index (Phi) is 9.47. The summed E-state index contributed by atoms with van der Waals surface area (Å²) in [7, 11) is -2.29. The largest absolute Gasteiger partial charge is 0.446 e. The number of aromatic nitrogens is 2. The molecule has 3 fully saturated rings. The van der Waals surface area contributed by atoms with Crippen molar-refractivity contribution in [2.45, 2.75) is 81.4 Å². The number of allylic oxidation sites excluding steroid dienone is 1. The van der Waals surface area contributed by atoms with E-state index in [0.717, 1.165) is 18.6 Å². The molecule has 3 aliphatic carbocycles. The Hall–Kier alpha value is -4.41. The number of alkyl halides is 3. The first-order valence-corrected chi connectivity index (χ1v) is 18.1. The number of rotatable bonds is 6. The zero-order valence-electron chi connectivity index (χ0n) is 27.5. The number of nitrogens with one attached hydrogen (secondary N) is 3. The Balaban J connectivity index is 1.22. The third-order valence-electron chi connectivity index (χ3n) is 9.89. The molecule has 0 saturated heterocycles. The number of carbonyl (C=O) groups excluding carboxylic acids is 4. The van der Waals surface area contributed by atoms with Crippen LogP contribution in [0.25, 0.3) is 5.69 Å². The lowest BCUT2D eigenvalue weighted by Gasteiger charge is -2.26. The predicted molar refractivity (Wildman–Crippen MR) is 173 cm³/mol. The number of benzene rings is 1. The van der Waals surface area contributed by atoms with E-state index in [-0.39, 0.29) is 36.5 Å². The van der Waals surface area contributed by atoms with Crippen LogP contribution in [0.5, 0.6) is 0 Å². The second-order valence-electron chi connectivity index (χ2n) is 13.6. The van der Waals surface area contributed by atoms with Gasteiger partial charge in [0.2, 0.25) is 21.8 Å². The van der Waals surface area contributed by atoms with Crippen LogP contribution in [0.1, 0.15) is 62.6 Å². The maximum atomic E-state index is 13.9. The number of fused-ring (bicyclic) bond motifs is 2. The summed E-state index contributed by atoms with van der Waals surface area (Å²) in [6, 6.07) is 4.46. The molecular weight excluding hydrogens is 681 g/mol. The molecule has 6 rings (SSSR count). The van der Waals surface area contributed by atoms with Crippen molar-refractivity contribution >= 4 is 39.5 Å². The Morgan fingerprint density at radius 1 is 1.10 bits per heavy atom. The predicted octanol–water partition coefficient (Wildman–Crippen LogP) is 3.82. The van der Waals surface area contributed by atoms with Crippen LogP contribution in [0.2, 0.25) is 0 Å². The number of ether oxygens (including phenoxy) is 1. The number of amides is 4. The van der Waals surface area contributed by atoms with E-state index in [9.17, 15) is 40.8 Å². The number of hydrogen-bond acceptors (Lipinski definition) is 8.